The molecule has 0 atom stereocenters. The Hall–Kier alpha value is -1.76. The molecule has 0 radical (unpaired) electrons. The number of ether oxygens (including phenoxy) is 1. The lowest BCUT2D eigenvalue weighted by Crippen LogP contribution is -2.34. The first kappa shape index (κ1) is 21.5. The topological polar surface area (TPSA) is 72.9 Å². The van der Waals surface area contributed by atoms with Crippen LogP contribution in [0.25, 0.3) is 0 Å². The lowest BCUT2D eigenvalue weighted by Gasteiger charge is -2.27. The molecule has 0 saturated heterocycles. The highest BCUT2D eigenvalue weighted by Gasteiger charge is 2.29. The van der Waals surface area contributed by atoms with Gasteiger partial charge in [0.1, 0.15) is 0 Å². The average molecular weight is 398 g/mol. The van der Waals surface area contributed by atoms with Crippen LogP contribution in [-0.4, -0.2) is 38.6 Å². The number of hydrogen-bond acceptors (Lipinski definition) is 5. The van der Waals surface area contributed by atoms with Gasteiger partial charge in [0, 0.05) is 19.5 Å². The smallest absolute Gasteiger partial charge is 0.309 e. The van der Waals surface area contributed by atoms with Crippen molar-refractivity contribution in [2.45, 2.75) is 53.5 Å². The minimum Gasteiger partial charge on any atom is -0.493 e. The molecular weight excluding hydrogens is 366 g/mol. The molecule has 7 heteroatoms. The zero-order chi connectivity index (χ0) is 20.2. The summed E-state index contributed by atoms with van der Waals surface area (Å²) in [4.78, 5) is 14.7. The summed E-state index contributed by atoms with van der Waals surface area (Å²) in [6.45, 7) is 8.84. The molecule has 0 N–H and O–H groups in total. The summed E-state index contributed by atoms with van der Waals surface area (Å²) >= 11 is 0. The summed E-state index contributed by atoms with van der Waals surface area (Å²) in [5.41, 5.74) is 0.738. The van der Waals surface area contributed by atoms with E-state index in [-0.39, 0.29) is 22.8 Å². The van der Waals surface area contributed by atoms with E-state index in [1.165, 1.54) is 14.0 Å². The van der Waals surface area contributed by atoms with Gasteiger partial charge in [-0.25, -0.2) is 0 Å². The van der Waals surface area contributed by atoms with Crippen molar-refractivity contribution >= 4 is 16.0 Å². The van der Waals surface area contributed by atoms with Crippen LogP contribution in [0.1, 0.15) is 52.5 Å². The number of methoxy groups -OCH3 is 1. The van der Waals surface area contributed by atoms with Crippen LogP contribution < -0.4 is 8.92 Å². The third kappa shape index (κ3) is 7.05. The normalized spacial score (nSPS) is 14.7. The van der Waals surface area contributed by atoms with Crippen LogP contribution in [0.4, 0.5) is 0 Å². The summed E-state index contributed by atoms with van der Waals surface area (Å²) in [6, 6.07) is 5.17. The van der Waals surface area contributed by atoms with Gasteiger partial charge in [-0.1, -0.05) is 26.8 Å². The highest BCUT2D eigenvalue weighted by Crippen LogP contribution is 2.33. The van der Waals surface area contributed by atoms with E-state index in [4.69, 9.17) is 8.92 Å². The van der Waals surface area contributed by atoms with Gasteiger partial charge in [-0.2, -0.15) is 8.42 Å². The Morgan fingerprint density at radius 3 is 2.41 bits per heavy atom. The van der Waals surface area contributed by atoms with Crippen molar-refractivity contribution in [1.29, 1.82) is 0 Å². The molecule has 6 nitrogen and oxygen atoms in total. The summed E-state index contributed by atoms with van der Waals surface area (Å²) in [7, 11) is -2.20. The van der Waals surface area contributed by atoms with Crippen LogP contribution >= 0.6 is 0 Å². The lowest BCUT2D eigenvalue weighted by molar-refractivity contribution is -0.134. The van der Waals surface area contributed by atoms with Crippen LogP contribution in [0, 0.1) is 11.3 Å². The quantitative estimate of drug-likeness (QED) is 0.595. The molecule has 1 fully saturated rings. The van der Waals surface area contributed by atoms with E-state index < -0.39 is 10.1 Å². The highest BCUT2D eigenvalue weighted by molar-refractivity contribution is 7.87. The molecule has 0 aliphatic heterocycles. The van der Waals surface area contributed by atoms with Crippen molar-refractivity contribution in [3.8, 4) is 11.5 Å². The van der Waals surface area contributed by atoms with Gasteiger partial charge < -0.3 is 13.8 Å². The van der Waals surface area contributed by atoms with Gasteiger partial charge in [0.25, 0.3) is 0 Å². The van der Waals surface area contributed by atoms with Gasteiger partial charge in [-0.05, 0) is 48.8 Å². The highest BCUT2D eigenvalue weighted by atomic mass is 32.2. The van der Waals surface area contributed by atoms with Crippen molar-refractivity contribution < 1.29 is 22.1 Å². The van der Waals surface area contributed by atoms with Crippen molar-refractivity contribution in [1.82, 2.24) is 4.90 Å². The first-order chi connectivity index (χ1) is 12.5. The van der Waals surface area contributed by atoms with Gasteiger partial charge in [-0.15, -0.1) is 0 Å². The van der Waals surface area contributed by atoms with Gasteiger partial charge in [-0.3, -0.25) is 4.79 Å². The molecule has 1 aromatic rings. The third-order valence-electron chi connectivity index (χ3n) is 4.38. The monoisotopic (exact) mass is 397 g/mol. The van der Waals surface area contributed by atoms with Crippen molar-refractivity contribution in [3.05, 3.63) is 23.8 Å². The maximum atomic E-state index is 12.8. The Balaban J connectivity index is 2.22. The van der Waals surface area contributed by atoms with Gasteiger partial charge in [0.2, 0.25) is 5.91 Å². The Kier molecular flexibility index (Phi) is 6.78. The minimum atomic E-state index is -3.66. The van der Waals surface area contributed by atoms with Crippen LogP contribution in [0.3, 0.4) is 0 Å². The zero-order valence-corrected chi connectivity index (χ0v) is 17.8. The molecule has 1 saturated carbocycles. The summed E-state index contributed by atoms with van der Waals surface area (Å²) in [6.07, 6.45) is 2.79. The molecule has 152 valence electrons. The average Bonchev–Trinajstić information content (AvgIpc) is 3.36. The number of amides is 1. The van der Waals surface area contributed by atoms with Gasteiger partial charge in [0.15, 0.2) is 11.5 Å². The first-order valence-corrected chi connectivity index (χ1v) is 11.0. The molecule has 0 unspecified atom stereocenters. The number of nitrogens with zero attached hydrogens (tertiary/aromatic N) is 1. The van der Waals surface area contributed by atoms with Crippen LogP contribution in [0.2, 0.25) is 0 Å². The molecule has 27 heavy (non-hydrogen) atoms. The van der Waals surface area contributed by atoms with E-state index in [2.05, 4.69) is 20.8 Å². The second-order valence-corrected chi connectivity index (χ2v) is 10.2. The number of rotatable bonds is 9. The standard InChI is InChI=1S/C20H31NO5S/c1-6-27(23,24)26-18-11-16(9-10-17(18)25-5)14-21(13-15-7-8-15)19(22)12-20(2,3)4/h9-11,15H,6-8,12-14H2,1-5H3. The van der Waals surface area contributed by atoms with E-state index in [9.17, 15) is 13.2 Å². The van der Waals surface area contributed by atoms with Gasteiger partial charge in [0.05, 0.1) is 12.9 Å². The van der Waals surface area contributed by atoms with E-state index in [1.54, 1.807) is 12.1 Å². The third-order valence-corrected chi connectivity index (χ3v) is 5.52. The molecule has 1 aliphatic carbocycles. The fraction of sp³-hybridized carbons (Fsp3) is 0.650. The number of carbonyl (C=O) groups excluding carboxylic acids is 1. The van der Waals surface area contributed by atoms with Crippen LogP contribution in [0.5, 0.6) is 11.5 Å². The maximum Gasteiger partial charge on any atom is 0.309 e. The zero-order valence-electron chi connectivity index (χ0n) is 16.9. The predicted molar refractivity (Wildman–Crippen MR) is 105 cm³/mol. The molecule has 1 aliphatic rings. The van der Waals surface area contributed by atoms with Crippen LogP contribution in [0.15, 0.2) is 18.2 Å². The van der Waals surface area contributed by atoms with E-state index in [0.29, 0.717) is 24.6 Å². The molecule has 0 aromatic heterocycles. The molecule has 2 rings (SSSR count). The summed E-state index contributed by atoms with van der Waals surface area (Å²) in [5.74, 6) is 1.08. The Bertz CT molecular complexity index is 763. The van der Waals surface area contributed by atoms with Crippen LogP contribution in [-0.2, 0) is 21.5 Å². The molecule has 0 heterocycles. The molecule has 0 spiro atoms. The molecule has 1 amide bonds. The summed E-state index contributed by atoms with van der Waals surface area (Å²) in [5, 5.41) is 0. The Morgan fingerprint density at radius 2 is 1.89 bits per heavy atom. The van der Waals surface area contributed by atoms with E-state index in [0.717, 1.165) is 24.9 Å². The van der Waals surface area contributed by atoms with E-state index in [1.807, 2.05) is 11.0 Å². The fourth-order valence-electron chi connectivity index (χ4n) is 2.73. The second kappa shape index (κ2) is 8.50. The number of hydrogen-bond donors (Lipinski definition) is 0. The van der Waals surface area contributed by atoms with Gasteiger partial charge >= 0.3 is 10.1 Å². The SMILES string of the molecule is CCS(=O)(=O)Oc1cc(CN(CC2CC2)C(=O)CC(C)(C)C)ccc1OC. The van der Waals surface area contributed by atoms with Crippen molar-refractivity contribution in [2.75, 3.05) is 19.4 Å². The first-order valence-electron chi connectivity index (χ1n) is 9.40. The second-order valence-electron chi connectivity index (χ2n) is 8.37. The number of carbonyl (C=O) groups is 1. The van der Waals surface area contributed by atoms with Crippen molar-refractivity contribution in [2.24, 2.45) is 11.3 Å². The molecule has 0 bridgehead atoms. The maximum absolute atomic E-state index is 12.8. The fourth-order valence-corrected chi connectivity index (χ4v) is 3.25. The van der Waals surface area contributed by atoms with E-state index >= 15 is 0 Å². The molecular formula is C20H31NO5S. The largest absolute Gasteiger partial charge is 0.493 e. The Morgan fingerprint density at radius 1 is 1.22 bits per heavy atom. The number of benzene rings is 1. The summed E-state index contributed by atoms with van der Waals surface area (Å²) < 4.78 is 34.1. The van der Waals surface area contributed by atoms with Crippen molar-refractivity contribution in [3.63, 3.8) is 0 Å². The minimum absolute atomic E-state index is 0.0811. The molecule has 1 aromatic carbocycles. The predicted octanol–water partition coefficient (Wildman–Crippen LogP) is 3.60. The lowest BCUT2D eigenvalue weighted by atomic mass is 9.91. The Labute approximate surface area is 163 Å².